The van der Waals surface area contributed by atoms with Crippen molar-refractivity contribution in [1.82, 2.24) is 19.9 Å². The van der Waals surface area contributed by atoms with Crippen LogP contribution in [0.15, 0.2) is 49.2 Å². The van der Waals surface area contributed by atoms with Crippen molar-refractivity contribution in [2.75, 3.05) is 13.2 Å². The molecule has 2 aromatic rings. The minimum Gasteiger partial charge on any atom is -0.472 e. The second-order valence-corrected chi connectivity index (χ2v) is 18.3. The van der Waals surface area contributed by atoms with E-state index in [9.17, 15) is 27.6 Å². The molecule has 2 aliphatic heterocycles. The minimum absolute atomic E-state index is 0.0533. The van der Waals surface area contributed by atoms with Crippen molar-refractivity contribution >= 4 is 50.6 Å². The third-order valence-corrected chi connectivity index (χ3v) is 13.5. The average Bonchev–Trinajstić information content (AvgIpc) is 4.00. The Morgan fingerprint density at radius 2 is 1.87 bits per heavy atom. The number of ether oxygens (including phenoxy) is 2. The first-order valence-corrected chi connectivity index (χ1v) is 20.5. The number of nitrogens with zero attached hydrogens (tertiary/aromatic N) is 2. The quantitative estimate of drug-likeness (QED) is 0.299. The molecule has 3 heterocycles. The van der Waals surface area contributed by atoms with Gasteiger partial charge in [-0.3, -0.25) is 23.9 Å². The number of benzene rings is 1. The van der Waals surface area contributed by atoms with E-state index < -0.39 is 62.6 Å². The van der Waals surface area contributed by atoms with Gasteiger partial charge in [-0.1, -0.05) is 57.0 Å². The summed E-state index contributed by atoms with van der Waals surface area (Å²) < 4.78 is 40.0. The Kier molecular flexibility index (Phi) is 10.2. The number of hydrogen-bond acceptors (Lipinski definition) is 9. The van der Waals surface area contributed by atoms with Crippen LogP contribution < -0.4 is 14.8 Å². The van der Waals surface area contributed by atoms with E-state index in [1.807, 2.05) is 30.3 Å². The Labute approximate surface area is 311 Å². The monoisotopic (exact) mass is 746 g/mol. The summed E-state index contributed by atoms with van der Waals surface area (Å²) in [4.78, 5) is 62.1. The molecule has 284 valence electrons. The largest absolute Gasteiger partial charge is 0.472 e. The minimum atomic E-state index is -3.88. The molecule has 12 nitrogen and oxygen atoms in total. The van der Waals surface area contributed by atoms with Crippen LogP contribution >= 0.6 is 0 Å². The molecule has 1 aromatic heterocycles. The molecular formula is C40H50N4O8S. The van der Waals surface area contributed by atoms with Crippen LogP contribution in [0.3, 0.4) is 0 Å². The van der Waals surface area contributed by atoms with E-state index in [1.54, 1.807) is 6.20 Å². The number of esters is 1. The highest BCUT2D eigenvalue weighted by Gasteiger charge is 2.62. The number of sulfonamides is 1. The molecule has 7 rings (SSSR count). The van der Waals surface area contributed by atoms with Crippen LogP contribution in [-0.2, 0) is 33.9 Å². The first kappa shape index (κ1) is 37.1. The van der Waals surface area contributed by atoms with Gasteiger partial charge in [0.25, 0.3) is 5.91 Å². The topological polar surface area (TPSA) is 161 Å². The Balaban J connectivity index is 1.22. The fourth-order valence-corrected chi connectivity index (χ4v) is 9.58. The predicted octanol–water partition coefficient (Wildman–Crippen LogP) is 4.83. The Morgan fingerprint density at radius 1 is 1.09 bits per heavy atom. The third-order valence-electron chi connectivity index (χ3n) is 11.7. The second kappa shape index (κ2) is 14.5. The molecule has 1 saturated heterocycles. The number of pyridine rings is 1. The van der Waals surface area contributed by atoms with Crippen LogP contribution in [0.4, 0.5) is 0 Å². The van der Waals surface area contributed by atoms with Crippen LogP contribution in [0.25, 0.3) is 16.8 Å². The van der Waals surface area contributed by atoms with Crippen molar-refractivity contribution in [3.63, 3.8) is 0 Å². The number of aromatic nitrogens is 1. The molecule has 3 saturated carbocycles. The molecule has 53 heavy (non-hydrogen) atoms. The predicted molar refractivity (Wildman–Crippen MR) is 199 cm³/mol. The van der Waals surface area contributed by atoms with Gasteiger partial charge in [0.15, 0.2) is 0 Å². The number of hydrogen-bond donors (Lipinski definition) is 2. The number of allylic oxidation sites excluding steroid dienone is 1. The highest BCUT2D eigenvalue weighted by Crippen LogP contribution is 2.46. The Morgan fingerprint density at radius 3 is 2.58 bits per heavy atom. The van der Waals surface area contributed by atoms with Gasteiger partial charge in [-0.25, -0.2) is 13.4 Å². The van der Waals surface area contributed by atoms with Gasteiger partial charge in [0, 0.05) is 23.9 Å². The molecule has 5 aliphatic rings. The average molecular weight is 747 g/mol. The molecule has 2 N–H and O–H groups in total. The van der Waals surface area contributed by atoms with Crippen molar-refractivity contribution in [3.05, 3.63) is 54.8 Å². The molecular weight excluding hydrogens is 697 g/mol. The highest BCUT2D eigenvalue weighted by molar-refractivity contribution is 7.91. The van der Waals surface area contributed by atoms with Gasteiger partial charge in [0.05, 0.1) is 30.7 Å². The lowest BCUT2D eigenvalue weighted by Gasteiger charge is -2.31. The van der Waals surface area contributed by atoms with Crippen LogP contribution in [0.2, 0.25) is 0 Å². The number of amides is 3. The maximum atomic E-state index is 14.7. The SMILES string of the molecule is C=C[C@@H]1C[C@]1(NC(=O)[C@@H]1C[C@@H]2CN1C(=O)[C@H](C1CCCC1)CC(=O)OCC(C)(C)CC/C=C/c1ccc3ccnc(c3c1)O2)C(=O)NS(=O)(=O)C1CC1. The second-order valence-electron chi connectivity index (χ2n) is 16.4. The summed E-state index contributed by atoms with van der Waals surface area (Å²) in [7, 11) is -3.88. The summed E-state index contributed by atoms with van der Waals surface area (Å²) in [5.41, 5.74) is -0.838. The number of nitrogens with one attached hydrogen (secondary N) is 2. The lowest BCUT2D eigenvalue weighted by atomic mass is 9.86. The van der Waals surface area contributed by atoms with Crippen LogP contribution in [0.5, 0.6) is 5.88 Å². The molecule has 3 amide bonds. The summed E-state index contributed by atoms with van der Waals surface area (Å²) in [6.45, 7) is 8.18. The Bertz CT molecular complexity index is 1930. The van der Waals surface area contributed by atoms with Gasteiger partial charge in [0.1, 0.15) is 17.7 Å². The maximum Gasteiger partial charge on any atom is 0.306 e. The zero-order valence-corrected chi connectivity index (χ0v) is 31.4. The molecule has 0 unspecified atom stereocenters. The zero-order valence-electron chi connectivity index (χ0n) is 30.6. The first-order valence-electron chi connectivity index (χ1n) is 19.0. The summed E-state index contributed by atoms with van der Waals surface area (Å²) in [5.74, 6) is -3.05. The standard InChI is InChI=1S/C40H50N4O8S/c1-4-28-22-40(28,38(48)43-53(49,50)30-14-15-30)42-35(46)33-20-29-23-44(33)37(47)32(26-10-5-6-11-26)21-34(45)51-24-39(2,3)17-8-7-9-25-12-13-27-16-18-41-36(52-29)31(27)19-25/h4,7,9,12-13,16,18-19,26,28-30,32-33H,1,5-6,8,10-11,14-15,17,20-24H2,2-3H3,(H,42,46)(H,43,48)/b9-7+/t28-,29-,32+,33+,40-/m1/s1. The van der Waals surface area contributed by atoms with E-state index >= 15 is 0 Å². The molecule has 0 radical (unpaired) electrons. The summed E-state index contributed by atoms with van der Waals surface area (Å²) in [6.07, 6.45) is 12.9. The van der Waals surface area contributed by atoms with E-state index in [2.05, 4.69) is 41.5 Å². The van der Waals surface area contributed by atoms with Crippen LogP contribution in [0, 0.1) is 23.2 Å². The molecule has 1 aromatic carbocycles. The van der Waals surface area contributed by atoms with Crippen molar-refractivity contribution in [1.29, 1.82) is 0 Å². The molecule has 13 heteroatoms. The fraction of sp³-hybridized carbons (Fsp3) is 0.575. The van der Waals surface area contributed by atoms with Gasteiger partial charge in [-0.15, -0.1) is 6.58 Å². The highest BCUT2D eigenvalue weighted by atomic mass is 32.2. The number of rotatable bonds is 7. The molecule has 5 atom stereocenters. The van der Waals surface area contributed by atoms with E-state index in [-0.39, 0.29) is 49.7 Å². The van der Waals surface area contributed by atoms with Gasteiger partial charge in [-0.05, 0) is 79.4 Å². The van der Waals surface area contributed by atoms with Gasteiger partial charge < -0.3 is 19.7 Å². The summed E-state index contributed by atoms with van der Waals surface area (Å²) in [6, 6.07) is 6.88. The molecule has 3 aliphatic carbocycles. The zero-order chi connectivity index (χ0) is 37.5. The Hall–Kier alpha value is -4.26. The fourth-order valence-electron chi connectivity index (χ4n) is 8.22. The molecule has 0 spiro atoms. The number of carbonyl (C=O) groups is 4. The summed E-state index contributed by atoms with van der Waals surface area (Å²) in [5, 5.41) is 3.95. The lowest BCUT2D eigenvalue weighted by Crippen LogP contribution is -2.57. The number of cyclic esters (lactones) is 1. The van der Waals surface area contributed by atoms with Crippen molar-refractivity contribution in [2.45, 2.75) is 107 Å². The van der Waals surface area contributed by atoms with Crippen LogP contribution in [-0.4, -0.2) is 78.1 Å². The van der Waals surface area contributed by atoms with E-state index in [0.717, 1.165) is 54.9 Å². The smallest absolute Gasteiger partial charge is 0.306 e. The van der Waals surface area contributed by atoms with Gasteiger partial charge in [-0.2, -0.15) is 0 Å². The number of carbonyl (C=O) groups excluding carboxylic acids is 4. The first-order chi connectivity index (χ1) is 25.3. The van der Waals surface area contributed by atoms with Crippen molar-refractivity contribution in [2.24, 2.45) is 23.2 Å². The van der Waals surface area contributed by atoms with Gasteiger partial charge >= 0.3 is 5.97 Å². The van der Waals surface area contributed by atoms with Gasteiger partial charge in [0.2, 0.25) is 27.7 Å². The van der Waals surface area contributed by atoms with E-state index in [1.165, 1.54) is 11.0 Å². The maximum absolute atomic E-state index is 14.7. The number of fused-ring (bicyclic) bond motifs is 3. The van der Waals surface area contributed by atoms with Crippen LogP contribution in [0.1, 0.15) is 90.0 Å². The molecule has 4 bridgehead atoms. The normalized spacial score (nSPS) is 30.0. The van der Waals surface area contributed by atoms with Crippen molar-refractivity contribution in [3.8, 4) is 5.88 Å². The van der Waals surface area contributed by atoms with E-state index in [4.69, 9.17) is 9.47 Å². The molecule has 4 fully saturated rings. The summed E-state index contributed by atoms with van der Waals surface area (Å²) >= 11 is 0. The lowest BCUT2D eigenvalue weighted by molar-refractivity contribution is -0.153. The van der Waals surface area contributed by atoms with E-state index in [0.29, 0.717) is 18.7 Å². The van der Waals surface area contributed by atoms with Crippen molar-refractivity contribution < 1.29 is 37.1 Å². The third kappa shape index (κ3) is 8.00.